The molecule has 4 heteroatoms. The summed E-state index contributed by atoms with van der Waals surface area (Å²) in [5.41, 5.74) is 4.21. The highest BCUT2D eigenvalue weighted by molar-refractivity contribution is 5.35. The number of para-hydroxylation sites is 1. The first-order valence-electron chi connectivity index (χ1n) is 7.47. The van der Waals surface area contributed by atoms with Crippen molar-refractivity contribution in [3.63, 3.8) is 0 Å². The van der Waals surface area contributed by atoms with Crippen molar-refractivity contribution in [3.05, 3.63) is 52.8 Å². The minimum atomic E-state index is 0.321. The summed E-state index contributed by atoms with van der Waals surface area (Å²) in [5.74, 6) is 0.929. The molecule has 0 aliphatic carbocycles. The number of nitrogens with zero attached hydrogens (tertiary/aromatic N) is 2. The maximum atomic E-state index is 9.08. The van der Waals surface area contributed by atoms with Crippen LogP contribution in [0.15, 0.2) is 30.3 Å². The van der Waals surface area contributed by atoms with Gasteiger partial charge in [0.2, 0.25) is 0 Å². The Kier molecular flexibility index (Phi) is 5.24. The van der Waals surface area contributed by atoms with Crippen molar-refractivity contribution in [2.75, 3.05) is 7.11 Å². The highest BCUT2D eigenvalue weighted by Crippen LogP contribution is 2.19. The maximum absolute atomic E-state index is 9.08. The molecular weight excluding hydrogens is 274 g/mol. The van der Waals surface area contributed by atoms with Crippen molar-refractivity contribution in [3.8, 4) is 11.8 Å². The number of rotatable bonds is 6. The summed E-state index contributed by atoms with van der Waals surface area (Å²) < 4.78 is 7.33. The van der Waals surface area contributed by atoms with Gasteiger partial charge in [-0.05, 0) is 43.5 Å². The topological polar surface area (TPSA) is 50.0 Å². The van der Waals surface area contributed by atoms with E-state index in [1.54, 1.807) is 7.11 Å². The molecule has 0 aliphatic heterocycles. The van der Waals surface area contributed by atoms with E-state index in [1.165, 1.54) is 11.1 Å². The predicted molar refractivity (Wildman–Crippen MR) is 87.9 cm³/mol. The number of aromatic nitrogens is 1. The molecule has 1 N–H and O–H groups in total. The molecule has 1 heterocycles. The van der Waals surface area contributed by atoms with Crippen LogP contribution in [0.2, 0.25) is 0 Å². The predicted octanol–water partition coefficient (Wildman–Crippen LogP) is 2.93. The molecule has 2 rings (SSSR count). The average molecular weight is 297 g/mol. The molecule has 1 aromatic carbocycles. The lowest BCUT2D eigenvalue weighted by molar-refractivity contribution is 0.406. The van der Waals surface area contributed by atoms with Gasteiger partial charge in [-0.1, -0.05) is 18.2 Å². The van der Waals surface area contributed by atoms with Gasteiger partial charge < -0.3 is 14.6 Å². The normalized spacial score (nSPS) is 12.0. The number of methoxy groups -OCH3 is 1. The quantitative estimate of drug-likeness (QED) is 0.892. The van der Waals surface area contributed by atoms with Gasteiger partial charge in [0.05, 0.1) is 7.11 Å². The highest BCUT2D eigenvalue weighted by atomic mass is 16.5. The summed E-state index contributed by atoms with van der Waals surface area (Å²) in [7, 11) is 3.63. The summed E-state index contributed by atoms with van der Waals surface area (Å²) in [6.45, 7) is 4.97. The van der Waals surface area contributed by atoms with Gasteiger partial charge in [-0.3, -0.25) is 0 Å². The fraction of sp³-hybridized carbons (Fsp3) is 0.389. The number of hydrogen-bond donors (Lipinski definition) is 1. The van der Waals surface area contributed by atoms with Gasteiger partial charge in [0, 0.05) is 25.3 Å². The van der Waals surface area contributed by atoms with E-state index < -0.39 is 0 Å². The number of nitrogens with one attached hydrogen (secondary N) is 1. The second-order valence-electron chi connectivity index (χ2n) is 5.61. The molecule has 0 saturated heterocycles. The summed E-state index contributed by atoms with van der Waals surface area (Å²) in [6, 6.07) is 12.6. The number of nitriles is 1. The van der Waals surface area contributed by atoms with Crippen LogP contribution >= 0.6 is 0 Å². The summed E-state index contributed by atoms with van der Waals surface area (Å²) in [6.07, 6.45) is 0.904. The van der Waals surface area contributed by atoms with Crippen molar-refractivity contribution in [2.24, 2.45) is 7.05 Å². The van der Waals surface area contributed by atoms with Crippen LogP contribution < -0.4 is 10.1 Å². The van der Waals surface area contributed by atoms with E-state index in [9.17, 15) is 0 Å². The molecule has 1 aromatic heterocycles. The standard InChI is InChI=1S/C18H23N3O/c1-13(9-15-7-5-6-8-18(15)22-4)20-12-16-10-17(11-19)21(3)14(16)2/h5-8,10,13,20H,9,12H2,1-4H3/t13-/m1/s1. The second kappa shape index (κ2) is 7.15. The Morgan fingerprint density at radius 1 is 1.32 bits per heavy atom. The zero-order chi connectivity index (χ0) is 16.1. The van der Waals surface area contributed by atoms with E-state index in [0.29, 0.717) is 11.7 Å². The molecule has 0 saturated carbocycles. The number of hydrogen-bond acceptors (Lipinski definition) is 3. The molecule has 0 unspecified atom stereocenters. The van der Waals surface area contributed by atoms with Gasteiger partial charge in [0.25, 0.3) is 0 Å². The molecule has 2 aromatic rings. The summed E-state index contributed by atoms with van der Waals surface area (Å²) in [5, 5.41) is 12.6. The molecule has 0 radical (unpaired) electrons. The average Bonchev–Trinajstić information content (AvgIpc) is 2.81. The van der Waals surface area contributed by atoms with Gasteiger partial charge >= 0.3 is 0 Å². The molecular formula is C18H23N3O. The Hall–Kier alpha value is -2.25. The molecule has 0 bridgehead atoms. The van der Waals surface area contributed by atoms with Crippen LogP contribution in [0.5, 0.6) is 5.75 Å². The minimum Gasteiger partial charge on any atom is -0.496 e. The fourth-order valence-electron chi connectivity index (χ4n) is 2.61. The summed E-state index contributed by atoms with van der Waals surface area (Å²) in [4.78, 5) is 0. The monoisotopic (exact) mass is 297 g/mol. The van der Waals surface area contributed by atoms with Crippen LogP contribution in [0.1, 0.15) is 29.4 Å². The Bertz CT molecular complexity index is 682. The fourth-order valence-corrected chi connectivity index (χ4v) is 2.61. The van der Waals surface area contributed by atoms with Crippen molar-refractivity contribution in [2.45, 2.75) is 32.9 Å². The molecule has 0 fully saturated rings. The zero-order valence-corrected chi connectivity index (χ0v) is 13.7. The van der Waals surface area contributed by atoms with Gasteiger partial charge in [-0.25, -0.2) is 0 Å². The first-order chi connectivity index (χ1) is 10.6. The minimum absolute atomic E-state index is 0.321. The zero-order valence-electron chi connectivity index (χ0n) is 13.7. The number of benzene rings is 1. The van der Waals surface area contributed by atoms with E-state index >= 15 is 0 Å². The molecule has 1 atom stereocenters. The van der Waals surface area contributed by atoms with E-state index in [1.807, 2.05) is 42.8 Å². The van der Waals surface area contributed by atoms with Crippen LogP contribution in [0.3, 0.4) is 0 Å². The lowest BCUT2D eigenvalue weighted by Crippen LogP contribution is -2.27. The van der Waals surface area contributed by atoms with Crippen molar-refractivity contribution < 1.29 is 4.74 Å². The van der Waals surface area contributed by atoms with Gasteiger partial charge in [-0.15, -0.1) is 0 Å². The Morgan fingerprint density at radius 3 is 2.68 bits per heavy atom. The maximum Gasteiger partial charge on any atom is 0.122 e. The van der Waals surface area contributed by atoms with Crippen LogP contribution in [0, 0.1) is 18.3 Å². The molecule has 4 nitrogen and oxygen atoms in total. The van der Waals surface area contributed by atoms with E-state index in [4.69, 9.17) is 10.00 Å². The van der Waals surface area contributed by atoms with Crippen molar-refractivity contribution >= 4 is 0 Å². The first kappa shape index (κ1) is 16.1. The van der Waals surface area contributed by atoms with Crippen molar-refractivity contribution in [1.82, 2.24) is 9.88 Å². The lowest BCUT2D eigenvalue weighted by atomic mass is 10.1. The van der Waals surface area contributed by atoms with Gasteiger partial charge in [-0.2, -0.15) is 5.26 Å². The third-order valence-electron chi connectivity index (χ3n) is 4.11. The lowest BCUT2D eigenvalue weighted by Gasteiger charge is -2.16. The molecule has 116 valence electrons. The van der Waals surface area contributed by atoms with Crippen LogP contribution in [-0.4, -0.2) is 17.7 Å². The largest absolute Gasteiger partial charge is 0.496 e. The van der Waals surface area contributed by atoms with E-state index in [2.05, 4.69) is 24.4 Å². The molecule has 0 spiro atoms. The SMILES string of the molecule is COc1ccccc1C[C@@H](C)NCc1cc(C#N)n(C)c1C. The van der Waals surface area contributed by atoms with Crippen LogP contribution in [0.4, 0.5) is 0 Å². The Labute approximate surface area is 132 Å². The van der Waals surface area contributed by atoms with E-state index in [-0.39, 0.29) is 0 Å². The molecule has 0 amide bonds. The third kappa shape index (κ3) is 3.49. The summed E-state index contributed by atoms with van der Waals surface area (Å²) >= 11 is 0. The van der Waals surface area contributed by atoms with Crippen LogP contribution in [0.25, 0.3) is 0 Å². The highest BCUT2D eigenvalue weighted by Gasteiger charge is 2.11. The first-order valence-corrected chi connectivity index (χ1v) is 7.47. The van der Waals surface area contributed by atoms with E-state index in [0.717, 1.165) is 24.4 Å². The second-order valence-corrected chi connectivity index (χ2v) is 5.61. The smallest absolute Gasteiger partial charge is 0.122 e. The van der Waals surface area contributed by atoms with Crippen molar-refractivity contribution in [1.29, 1.82) is 5.26 Å². The Morgan fingerprint density at radius 2 is 2.05 bits per heavy atom. The van der Waals surface area contributed by atoms with Gasteiger partial charge in [0.15, 0.2) is 0 Å². The Balaban J connectivity index is 1.99. The number of ether oxygens (including phenoxy) is 1. The molecule has 0 aliphatic rings. The van der Waals surface area contributed by atoms with Crippen LogP contribution in [-0.2, 0) is 20.0 Å². The van der Waals surface area contributed by atoms with Gasteiger partial charge in [0.1, 0.15) is 17.5 Å². The molecule has 22 heavy (non-hydrogen) atoms. The third-order valence-corrected chi connectivity index (χ3v) is 4.11.